The van der Waals surface area contributed by atoms with Crippen LogP contribution in [0.2, 0.25) is 0 Å². The van der Waals surface area contributed by atoms with Gasteiger partial charge in [0.05, 0.1) is 0 Å². The van der Waals surface area contributed by atoms with Crippen molar-refractivity contribution >= 4 is 10.5 Å². The van der Waals surface area contributed by atoms with Crippen molar-refractivity contribution in [1.29, 1.82) is 0 Å². The van der Waals surface area contributed by atoms with E-state index < -0.39 is 0 Å². The first kappa shape index (κ1) is 7.72. The van der Waals surface area contributed by atoms with Gasteiger partial charge in [-0.2, -0.15) is 0 Å². The maximum Gasteiger partial charge on any atom is 0.145 e. The average Bonchev–Trinajstić information content (AvgIpc) is 1.81. The Kier molecular flexibility index (Phi) is 6.48. The van der Waals surface area contributed by atoms with Gasteiger partial charge in [0.15, 0.2) is 0 Å². The third-order valence-corrected chi connectivity index (χ3v) is 1.26. The number of nitrogens with two attached hydrogens (primary N) is 1. The maximum atomic E-state index is 5.10. The lowest BCUT2D eigenvalue weighted by Crippen LogP contribution is -1.87. The quantitative estimate of drug-likeness (QED) is 0.414. The molecule has 0 saturated carbocycles. The van der Waals surface area contributed by atoms with Gasteiger partial charge >= 0.3 is 0 Å². The maximum absolute atomic E-state index is 5.10. The number of hydrogen-bond acceptors (Lipinski definition) is 2. The van der Waals surface area contributed by atoms with Crippen molar-refractivity contribution < 1.29 is 4.43 Å². The van der Waals surface area contributed by atoms with Gasteiger partial charge in [0.2, 0.25) is 0 Å². The zero-order valence-corrected chi connectivity index (χ0v) is 7.26. The molecule has 0 atom stereocenters. The summed E-state index contributed by atoms with van der Waals surface area (Å²) in [5.41, 5.74) is 5.10. The van der Waals surface area contributed by atoms with Crippen LogP contribution < -0.4 is 5.73 Å². The lowest BCUT2D eigenvalue weighted by atomic mass is 10.3. The van der Waals surface area contributed by atoms with Gasteiger partial charge in [0.25, 0.3) is 0 Å². The van der Waals surface area contributed by atoms with Gasteiger partial charge in [-0.05, 0) is 19.0 Å². The molecule has 48 valence electrons. The van der Waals surface area contributed by atoms with E-state index in [-0.39, 0.29) is 0 Å². The Hall–Kier alpha value is -0.283. The van der Waals surface area contributed by atoms with Crippen LogP contribution in [0.5, 0.6) is 0 Å². The fraction of sp³-hybridized carbons (Fsp3) is 0.600. The molecule has 0 saturated heterocycles. The number of rotatable bonds is 4. The molecule has 0 aromatic rings. The van der Waals surface area contributed by atoms with E-state index in [4.69, 9.17) is 10.2 Å². The van der Waals surface area contributed by atoms with Crippen LogP contribution in [0.3, 0.4) is 0 Å². The van der Waals surface area contributed by atoms with E-state index in [2.05, 4.69) is 0 Å². The third-order valence-electron chi connectivity index (χ3n) is 0.855. The van der Waals surface area contributed by atoms with Crippen molar-refractivity contribution in [1.82, 2.24) is 0 Å². The van der Waals surface area contributed by atoms with Crippen molar-refractivity contribution in [2.24, 2.45) is 5.73 Å². The fourth-order valence-corrected chi connectivity index (χ4v) is 0.730. The molecule has 0 aliphatic rings. The SMILES string of the molecule is NC=CCCCO[SiH3]. The molecule has 2 nitrogen and oxygen atoms in total. The first-order chi connectivity index (χ1) is 3.91. The Morgan fingerprint density at radius 2 is 2.38 bits per heavy atom. The summed E-state index contributed by atoms with van der Waals surface area (Å²) in [4.78, 5) is 0. The van der Waals surface area contributed by atoms with E-state index in [1.807, 2.05) is 6.08 Å². The molecule has 3 heteroatoms. The Morgan fingerprint density at radius 3 is 2.88 bits per heavy atom. The lowest BCUT2D eigenvalue weighted by molar-refractivity contribution is 0.342. The summed E-state index contributed by atoms with van der Waals surface area (Å²) in [5.74, 6) is 0. The molecule has 0 aliphatic heterocycles. The Labute approximate surface area is 53.3 Å². The van der Waals surface area contributed by atoms with E-state index >= 15 is 0 Å². The number of unbranched alkanes of at least 4 members (excludes halogenated alkanes) is 1. The van der Waals surface area contributed by atoms with Crippen LogP contribution >= 0.6 is 0 Å². The first-order valence-corrected chi connectivity index (χ1v) is 3.59. The normalized spacial score (nSPS) is 11.0. The third kappa shape index (κ3) is 5.72. The Bertz CT molecular complexity index is 65.4. The second kappa shape index (κ2) is 6.72. The van der Waals surface area contributed by atoms with Gasteiger partial charge in [0.1, 0.15) is 10.5 Å². The predicted octanol–water partition coefficient (Wildman–Crippen LogP) is -0.464. The summed E-state index contributed by atoms with van der Waals surface area (Å²) >= 11 is 0. The highest BCUT2D eigenvalue weighted by molar-refractivity contribution is 5.97. The van der Waals surface area contributed by atoms with Crippen LogP contribution in [0.4, 0.5) is 0 Å². The summed E-state index contributed by atoms with van der Waals surface area (Å²) in [6.07, 6.45) is 5.66. The van der Waals surface area contributed by atoms with Crippen molar-refractivity contribution in [3.63, 3.8) is 0 Å². The minimum atomic E-state index is 0.852. The molecule has 0 aromatic heterocycles. The van der Waals surface area contributed by atoms with Crippen LogP contribution in [0.25, 0.3) is 0 Å². The van der Waals surface area contributed by atoms with Gasteiger partial charge in [0, 0.05) is 6.61 Å². The molecular formula is C5H13NOSi. The van der Waals surface area contributed by atoms with Gasteiger partial charge < -0.3 is 10.2 Å². The highest BCUT2D eigenvalue weighted by atomic mass is 28.2. The van der Waals surface area contributed by atoms with Crippen LogP contribution in [0.15, 0.2) is 12.3 Å². The van der Waals surface area contributed by atoms with Gasteiger partial charge in [-0.25, -0.2) is 0 Å². The topological polar surface area (TPSA) is 35.2 Å². The van der Waals surface area contributed by atoms with E-state index in [0.29, 0.717) is 0 Å². The molecule has 0 radical (unpaired) electrons. The zero-order chi connectivity index (χ0) is 6.24. The second-order valence-electron chi connectivity index (χ2n) is 1.56. The highest BCUT2D eigenvalue weighted by Gasteiger charge is 1.77. The minimum Gasteiger partial charge on any atom is -0.428 e. The molecule has 8 heavy (non-hydrogen) atoms. The first-order valence-electron chi connectivity index (χ1n) is 2.77. The zero-order valence-electron chi connectivity index (χ0n) is 5.26. The summed E-state index contributed by atoms with van der Waals surface area (Å²) in [7, 11) is 0.852. The fourth-order valence-electron chi connectivity index (χ4n) is 0.442. The largest absolute Gasteiger partial charge is 0.428 e. The minimum absolute atomic E-state index is 0.852. The molecule has 0 bridgehead atoms. The van der Waals surface area contributed by atoms with Crippen molar-refractivity contribution in [2.75, 3.05) is 6.61 Å². The lowest BCUT2D eigenvalue weighted by Gasteiger charge is -1.92. The summed E-state index contributed by atoms with van der Waals surface area (Å²) in [6, 6.07) is 0. The Balaban J connectivity index is 2.72. The molecule has 0 rings (SSSR count). The van der Waals surface area contributed by atoms with Gasteiger partial charge in [-0.1, -0.05) is 6.08 Å². The molecule has 0 aliphatic carbocycles. The molecule has 0 heterocycles. The van der Waals surface area contributed by atoms with E-state index in [9.17, 15) is 0 Å². The van der Waals surface area contributed by atoms with E-state index in [1.165, 1.54) is 0 Å². The van der Waals surface area contributed by atoms with Crippen LogP contribution in [0, 0.1) is 0 Å². The van der Waals surface area contributed by atoms with Crippen molar-refractivity contribution in [3.8, 4) is 0 Å². The average molecular weight is 131 g/mol. The van der Waals surface area contributed by atoms with E-state index in [1.54, 1.807) is 6.20 Å². The molecule has 2 N–H and O–H groups in total. The summed E-state index contributed by atoms with van der Waals surface area (Å²) in [6.45, 7) is 0.885. The molecule has 0 aromatic carbocycles. The number of hydrogen-bond donors (Lipinski definition) is 1. The standard InChI is InChI=1S/C5H13NOSi/c6-4-2-1-3-5-7-8/h2,4H,1,3,5-6H2,8H3. The molecule has 0 amide bonds. The smallest absolute Gasteiger partial charge is 0.145 e. The van der Waals surface area contributed by atoms with Crippen molar-refractivity contribution in [2.45, 2.75) is 12.8 Å². The summed E-state index contributed by atoms with van der Waals surface area (Å²) in [5, 5.41) is 0. The second-order valence-corrected chi connectivity index (χ2v) is 2.14. The van der Waals surface area contributed by atoms with Crippen LogP contribution in [-0.4, -0.2) is 17.1 Å². The molecule has 0 unspecified atom stereocenters. The predicted molar refractivity (Wildman–Crippen MR) is 38.5 cm³/mol. The van der Waals surface area contributed by atoms with Crippen molar-refractivity contribution in [3.05, 3.63) is 12.3 Å². The van der Waals surface area contributed by atoms with E-state index in [0.717, 1.165) is 29.9 Å². The number of allylic oxidation sites excluding steroid dienone is 1. The van der Waals surface area contributed by atoms with Gasteiger partial charge in [-0.3, -0.25) is 0 Å². The monoisotopic (exact) mass is 131 g/mol. The Morgan fingerprint density at radius 1 is 1.62 bits per heavy atom. The summed E-state index contributed by atoms with van der Waals surface area (Å²) < 4.78 is 4.95. The highest BCUT2D eigenvalue weighted by Crippen LogP contribution is 1.87. The molecular weight excluding hydrogens is 118 g/mol. The van der Waals surface area contributed by atoms with Crippen LogP contribution in [0.1, 0.15) is 12.8 Å². The molecule has 0 fully saturated rings. The van der Waals surface area contributed by atoms with Gasteiger partial charge in [-0.15, -0.1) is 0 Å². The molecule has 0 spiro atoms. The van der Waals surface area contributed by atoms with Crippen LogP contribution in [-0.2, 0) is 4.43 Å².